The lowest BCUT2D eigenvalue weighted by Gasteiger charge is -2.09. The summed E-state index contributed by atoms with van der Waals surface area (Å²) in [5, 5.41) is 4.37. The van der Waals surface area contributed by atoms with Crippen molar-refractivity contribution in [3.05, 3.63) is 22.7 Å². The van der Waals surface area contributed by atoms with E-state index in [9.17, 15) is 19.2 Å². The predicted octanol–water partition coefficient (Wildman–Crippen LogP) is 0.441. The van der Waals surface area contributed by atoms with Crippen molar-refractivity contribution in [2.75, 3.05) is 13.2 Å². The Kier molecular flexibility index (Phi) is 5.73. The summed E-state index contributed by atoms with van der Waals surface area (Å²) in [4.78, 5) is 46.6. The summed E-state index contributed by atoms with van der Waals surface area (Å²) in [6, 6.07) is 0. The molecule has 24 heavy (non-hydrogen) atoms. The second-order valence-corrected chi connectivity index (χ2v) is 5.38. The van der Waals surface area contributed by atoms with E-state index in [4.69, 9.17) is 9.47 Å². The quantitative estimate of drug-likeness (QED) is 0.467. The smallest absolute Gasteiger partial charge is 0.293 e. The van der Waals surface area contributed by atoms with Crippen LogP contribution in [-0.4, -0.2) is 36.8 Å². The molecule has 0 aromatic carbocycles. The molecule has 2 aliphatic heterocycles. The van der Waals surface area contributed by atoms with Gasteiger partial charge in [-0.1, -0.05) is 26.7 Å². The normalized spacial score (nSPS) is 17.6. The van der Waals surface area contributed by atoms with Crippen LogP contribution in [-0.2, 0) is 28.7 Å². The SMILES string of the molecule is CCCC1=C(OCCOC2=C(CCC)C(=O)NC2=O)C(=O)NC1=O. The zero-order valence-electron chi connectivity index (χ0n) is 13.7. The molecule has 0 atom stereocenters. The van der Waals surface area contributed by atoms with Gasteiger partial charge in [-0.2, -0.15) is 0 Å². The molecule has 2 heterocycles. The number of carbonyl (C=O) groups is 4. The van der Waals surface area contributed by atoms with Gasteiger partial charge in [-0.3, -0.25) is 29.8 Å². The second kappa shape index (κ2) is 7.76. The average Bonchev–Trinajstić information content (AvgIpc) is 2.94. The van der Waals surface area contributed by atoms with Gasteiger partial charge in [0.25, 0.3) is 23.6 Å². The summed E-state index contributed by atoms with van der Waals surface area (Å²) in [6.45, 7) is 3.74. The standard InChI is InChI=1S/C16H20N2O6/c1-3-5-9-11(15(21)17-13(9)19)23-7-8-24-12-10(6-4-2)14(20)18-16(12)22/h3-8H2,1-2H3,(H,17,19,21)(H,18,20,22). The Hall–Kier alpha value is -2.64. The van der Waals surface area contributed by atoms with Gasteiger partial charge in [-0.05, 0) is 12.8 Å². The van der Waals surface area contributed by atoms with E-state index in [1.165, 1.54) is 0 Å². The first-order valence-corrected chi connectivity index (χ1v) is 7.92. The number of nitrogens with one attached hydrogen (secondary N) is 2. The van der Waals surface area contributed by atoms with Crippen molar-refractivity contribution >= 4 is 23.6 Å². The van der Waals surface area contributed by atoms with E-state index in [1.807, 2.05) is 13.8 Å². The second-order valence-electron chi connectivity index (χ2n) is 5.38. The number of amides is 4. The Morgan fingerprint density at radius 1 is 0.667 bits per heavy atom. The fourth-order valence-corrected chi connectivity index (χ4v) is 2.50. The van der Waals surface area contributed by atoms with Gasteiger partial charge in [0.1, 0.15) is 13.2 Å². The maximum absolute atomic E-state index is 11.7. The van der Waals surface area contributed by atoms with Crippen LogP contribution in [0.3, 0.4) is 0 Å². The summed E-state index contributed by atoms with van der Waals surface area (Å²) in [7, 11) is 0. The molecule has 8 heteroatoms. The van der Waals surface area contributed by atoms with Crippen LogP contribution in [0, 0.1) is 0 Å². The lowest BCUT2D eigenvalue weighted by atomic mass is 10.1. The molecule has 0 saturated carbocycles. The van der Waals surface area contributed by atoms with Crippen LogP contribution in [0.15, 0.2) is 22.7 Å². The fraction of sp³-hybridized carbons (Fsp3) is 0.500. The minimum atomic E-state index is -0.567. The van der Waals surface area contributed by atoms with E-state index in [1.54, 1.807) is 0 Å². The van der Waals surface area contributed by atoms with Crippen molar-refractivity contribution in [3.8, 4) is 0 Å². The average molecular weight is 336 g/mol. The van der Waals surface area contributed by atoms with Gasteiger partial charge in [0.05, 0.1) is 11.1 Å². The third-order valence-corrected chi connectivity index (χ3v) is 3.54. The van der Waals surface area contributed by atoms with E-state index < -0.39 is 23.6 Å². The first-order valence-electron chi connectivity index (χ1n) is 7.92. The molecule has 2 rings (SSSR count). The zero-order valence-corrected chi connectivity index (χ0v) is 13.7. The number of rotatable bonds is 9. The molecule has 130 valence electrons. The van der Waals surface area contributed by atoms with Gasteiger partial charge >= 0.3 is 0 Å². The van der Waals surface area contributed by atoms with Crippen molar-refractivity contribution in [2.45, 2.75) is 39.5 Å². The molecule has 0 aromatic rings. The summed E-state index contributed by atoms with van der Waals surface area (Å²) in [5.74, 6) is -2.01. The van der Waals surface area contributed by atoms with E-state index in [2.05, 4.69) is 10.6 Å². The van der Waals surface area contributed by atoms with Crippen molar-refractivity contribution in [2.24, 2.45) is 0 Å². The number of hydrogen-bond donors (Lipinski definition) is 2. The zero-order chi connectivity index (χ0) is 17.7. The first-order chi connectivity index (χ1) is 11.5. The number of imide groups is 2. The third kappa shape index (κ3) is 3.64. The third-order valence-electron chi connectivity index (χ3n) is 3.54. The van der Waals surface area contributed by atoms with Crippen molar-refractivity contribution in [1.82, 2.24) is 10.6 Å². The van der Waals surface area contributed by atoms with Crippen LogP contribution in [0.1, 0.15) is 39.5 Å². The highest BCUT2D eigenvalue weighted by molar-refractivity contribution is 6.19. The van der Waals surface area contributed by atoms with Crippen LogP contribution in [0.2, 0.25) is 0 Å². The molecule has 0 saturated heterocycles. The highest BCUT2D eigenvalue weighted by Gasteiger charge is 2.32. The topological polar surface area (TPSA) is 111 Å². The van der Waals surface area contributed by atoms with Gasteiger partial charge in [0.15, 0.2) is 11.5 Å². The Bertz CT molecular complexity index is 591. The first kappa shape index (κ1) is 17.7. The molecule has 2 aliphatic rings. The van der Waals surface area contributed by atoms with E-state index in [-0.39, 0.29) is 24.7 Å². The van der Waals surface area contributed by atoms with Crippen LogP contribution >= 0.6 is 0 Å². The molecule has 2 N–H and O–H groups in total. The Labute approximate surface area is 139 Å². The molecule has 0 bridgehead atoms. The molecule has 0 unspecified atom stereocenters. The number of ether oxygens (including phenoxy) is 2. The van der Waals surface area contributed by atoms with E-state index in [0.29, 0.717) is 36.8 Å². The van der Waals surface area contributed by atoms with Crippen molar-refractivity contribution in [3.63, 3.8) is 0 Å². The maximum Gasteiger partial charge on any atom is 0.293 e. The minimum Gasteiger partial charge on any atom is -0.484 e. The minimum absolute atomic E-state index is 0.000149. The van der Waals surface area contributed by atoms with Crippen LogP contribution in [0.5, 0.6) is 0 Å². The molecular formula is C16H20N2O6. The number of hydrogen-bond acceptors (Lipinski definition) is 6. The van der Waals surface area contributed by atoms with Gasteiger partial charge < -0.3 is 9.47 Å². The molecular weight excluding hydrogens is 316 g/mol. The van der Waals surface area contributed by atoms with Gasteiger partial charge in [-0.15, -0.1) is 0 Å². The molecule has 0 aromatic heterocycles. The highest BCUT2D eigenvalue weighted by Crippen LogP contribution is 2.20. The summed E-state index contributed by atoms with van der Waals surface area (Å²) in [5.41, 5.74) is 0.643. The van der Waals surface area contributed by atoms with E-state index >= 15 is 0 Å². The van der Waals surface area contributed by atoms with Gasteiger partial charge in [0.2, 0.25) is 0 Å². The monoisotopic (exact) mass is 336 g/mol. The highest BCUT2D eigenvalue weighted by atomic mass is 16.5. The Balaban J connectivity index is 1.95. The molecule has 0 radical (unpaired) electrons. The predicted molar refractivity (Wildman–Crippen MR) is 82.1 cm³/mol. The van der Waals surface area contributed by atoms with Crippen LogP contribution < -0.4 is 10.6 Å². The molecule has 0 spiro atoms. The Morgan fingerprint density at radius 3 is 1.38 bits per heavy atom. The van der Waals surface area contributed by atoms with E-state index in [0.717, 1.165) is 0 Å². The Morgan fingerprint density at radius 2 is 1.04 bits per heavy atom. The van der Waals surface area contributed by atoms with Crippen LogP contribution in [0.4, 0.5) is 0 Å². The number of carbonyl (C=O) groups excluding carboxylic acids is 4. The lowest BCUT2D eigenvalue weighted by molar-refractivity contribution is -0.127. The largest absolute Gasteiger partial charge is 0.484 e. The molecule has 0 aliphatic carbocycles. The molecule has 4 amide bonds. The maximum atomic E-state index is 11.7. The fourth-order valence-electron chi connectivity index (χ4n) is 2.50. The summed E-state index contributed by atoms with van der Waals surface area (Å²) < 4.78 is 10.7. The van der Waals surface area contributed by atoms with Crippen molar-refractivity contribution in [1.29, 1.82) is 0 Å². The lowest BCUT2D eigenvalue weighted by Crippen LogP contribution is -2.24. The summed E-state index contributed by atoms with van der Waals surface area (Å²) >= 11 is 0. The van der Waals surface area contributed by atoms with Gasteiger partial charge in [-0.25, -0.2) is 0 Å². The van der Waals surface area contributed by atoms with Crippen LogP contribution in [0.25, 0.3) is 0 Å². The molecule has 0 fully saturated rings. The molecule has 8 nitrogen and oxygen atoms in total. The van der Waals surface area contributed by atoms with Gasteiger partial charge in [0, 0.05) is 0 Å². The summed E-state index contributed by atoms with van der Waals surface area (Å²) in [6.07, 6.45) is 2.29. The van der Waals surface area contributed by atoms with Crippen molar-refractivity contribution < 1.29 is 28.7 Å².